The Morgan fingerprint density at radius 3 is 2.56 bits per heavy atom. The standard InChI is InChI=1S/C12H25N3O2S/c1-10-4-3-7-12(8-10,9-13)15(2)18(16,17)14-11-5-6-11/h10-11,14H,3-9,13H2,1-2H3. The Bertz CT molecular complexity index is 394. The van der Waals surface area contributed by atoms with Crippen molar-refractivity contribution >= 4 is 10.2 Å². The number of nitrogens with one attached hydrogen (secondary N) is 1. The molecule has 2 aliphatic carbocycles. The zero-order valence-electron chi connectivity index (χ0n) is 11.4. The normalized spacial score (nSPS) is 33.9. The molecule has 2 fully saturated rings. The van der Waals surface area contributed by atoms with Gasteiger partial charge in [0.15, 0.2) is 0 Å². The van der Waals surface area contributed by atoms with Gasteiger partial charge in [-0.3, -0.25) is 0 Å². The van der Waals surface area contributed by atoms with Crippen molar-refractivity contribution < 1.29 is 8.42 Å². The van der Waals surface area contributed by atoms with E-state index in [4.69, 9.17) is 5.73 Å². The van der Waals surface area contributed by atoms with E-state index in [0.29, 0.717) is 12.5 Å². The minimum Gasteiger partial charge on any atom is -0.329 e. The first-order chi connectivity index (χ1) is 8.39. The van der Waals surface area contributed by atoms with Gasteiger partial charge in [0.05, 0.1) is 0 Å². The average molecular weight is 275 g/mol. The Morgan fingerprint density at radius 1 is 1.39 bits per heavy atom. The van der Waals surface area contributed by atoms with Crippen LogP contribution < -0.4 is 10.5 Å². The lowest BCUT2D eigenvalue weighted by atomic mass is 9.76. The molecule has 0 aromatic rings. The van der Waals surface area contributed by atoms with E-state index in [1.165, 1.54) is 10.7 Å². The Kier molecular flexibility index (Phi) is 4.02. The number of nitrogens with two attached hydrogens (primary N) is 1. The van der Waals surface area contributed by atoms with Crippen LogP contribution in [0, 0.1) is 5.92 Å². The lowest BCUT2D eigenvalue weighted by Gasteiger charge is -2.44. The predicted octanol–water partition coefficient (Wildman–Crippen LogP) is 0.823. The molecule has 3 N–H and O–H groups in total. The predicted molar refractivity (Wildman–Crippen MR) is 72.3 cm³/mol. The second kappa shape index (κ2) is 5.07. The number of hydrogen-bond donors (Lipinski definition) is 2. The second-order valence-corrected chi connectivity index (χ2v) is 7.73. The molecule has 0 radical (unpaired) electrons. The molecule has 106 valence electrons. The molecule has 0 heterocycles. The summed E-state index contributed by atoms with van der Waals surface area (Å²) in [5.41, 5.74) is 5.52. The van der Waals surface area contributed by atoms with Gasteiger partial charge in [-0.05, 0) is 31.6 Å². The molecule has 2 saturated carbocycles. The van der Waals surface area contributed by atoms with E-state index in [1.54, 1.807) is 7.05 Å². The van der Waals surface area contributed by atoms with Crippen molar-refractivity contribution in [1.29, 1.82) is 0 Å². The highest BCUT2D eigenvalue weighted by atomic mass is 32.2. The summed E-state index contributed by atoms with van der Waals surface area (Å²) in [4.78, 5) is 0. The topological polar surface area (TPSA) is 75.4 Å². The van der Waals surface area contributed by atoms with E-state index in [1.807, 2.05) is 0 Å². The Morgan fingerprint density at radius 2 is 2.06 bits per heavy atom. The fourth-order valence-corrected chi connectivity index (χ4v) is 4.54. The minimum absolute atomic E-state index is 0.147. The zero-order chi connectivity index (χ0) is 13.4. The van der Waals surface area contributed by atoms with Crippen LogP contribution in [0.25, 0.3) is 0 Å². The van der Waals surface area contributed by atoms with Crippen molar-refractivity contribution in [3.05, 3.63) is 0 Å². The van der Waals surface area contributed by atoms with E-state index in [2.05, 4.69) is 11.6 Å². The van der Waals surface area contributed by atoms with Gasteiger partial charge in [-0.15, -0.1) is 0 Å². The summed E-state index contributed by atoms with van der Waals surface area (Å²) < 4.78 is 28.9. The molecular weight excluding hydrogens is 250 g/mol. The molecule has 0 amide bonds. The van der Waals surface area contributed by atoms with Gasteiger partial charge in [0.2, 0.25) is 0 Å². The van der Waals surface area contributed by atoms with E-state index in [-0.39, 0.29) is 6.04 Å². The van der Waals surface area contributed by atoms with Gasteiger partial charge < -0.3 is 5.73 Å². The van der Waals surface area contributed by atoms with Crippen LogP contribution in [0.15, 0.2) is 0 Å². The van der Waals surface area contributed by atoms with Crippen LogP contribution in [-0.2, 0) is 10.2 Å². The number of nitrogens with zero attached hydrogens (tertiary/aromatic N) is 1. The highest BCUT2D eigenvalue weighted by molar-refractivity contribution is 7.87. The molecule has 0 aliphatic heterocycles. The summed E-state index contributed by atoms with van der Waals surface area (Å²) in [6.07, 6.45) is 5.88. The van der Waals surface area contributed by atoms with Crippen molar-refractivity contribution in [3.8, 4) is 0 Å². The highest BCUT2D eigenvalue weighted by Gasteiger charge is 2.43. The molecule has 0 saturated heterocycles. The van der Waals surface area contributed by atoms with E-state index in [0.717, 1.165) is 32.1 Å². The van der Waals surface area contributed by atoms with E-state index >= 15 is 0 Å². The van der Waals surface area contributed by atoms with Crippen molar-refractivity contribution in [2.24, 2.45) is 11.7 Å². The first kappa shape index (κ1) is 14.2. The van der Waals surface area contributed by atoms with Crippen LogP contribution in [0.1, 0.15) is 45.4 Å². The maximum absolute atomic E-state index is 12.3. The Labute approximate surface area is 110 Å². The number of likely N-dealkylation sites (N-methyl/N-ethyl adjacent to an activating group) is 1. The lowest BCUT2D eigenvalue weighted by molar-refractivity contribution is 0.126. The summed E-state index contributed by atoms with van der Waals surface area (Å²) in [7, 11) is -1.71. The smallest absolute Gasteiger partial charge is 0.279 e. The molecule has 0 bridgehead atoms. The summed E-state index contributed by atoms with van der Waals surface area (Å²) in [5, 5.41) is 0. The Balaban J connectivity index is 2.14. The van der Waals surface area contributed by atoms with Crippen molar-refractivity contribution in [2.75, 3.05) is 13.6 Å². The summed E-state index contributed by atoms with van der Waals surface area (Å²) in [6, 6.07) is 0.147. The van der Waals surface area contributed by atoms with Crippen LogP contribution in [0.3, 0.4) is 0 Å². The molecule has 0 aromatic heterocycles. The van der Waals surface area contributed by atoms with E-state index < -0.39 is 15.7 Å². The van der Waals surface area contributed by atoms with E-state index in [9.17, 15) is 8.42 Å². The molecule has 2 rings (SSSR count). The fourth-order valence-electron chi connectivity index (χ4n) is 2.98. The van der Waals surface area contributed by atoms with Crippen molar-refractivity contribution in [2.45, 2.75) is 57.0 Å². The number of rotatable bonds is 5. The van der Waals surface area contributed by atoms with Crippen molar-refractivity contribution in [3.63, 3.8) is 0 Å². The van der Waals surface area contributed by atoms with Crippen LogP contribution in [-0.4, -0.2) is 37.9 Å². The minimum atomic E-state index is -3.39. The largest absolute Gasteiger partial charge is 0.329 e. The third kappa shape index (κ3) is 2.87. The van der Waals surface area contributed by atoms with Crippen LogP contribution in [0.2, 0.25) is 0 Å². The summed E-state index contributed by atoms with van der Waals surface area (Å²) in [6.45, 7) is 2.58. The number of hydrogen-bond acceptors (Lipinski definition) is 3. The van der Waals surface area contributed by atoms with Gasteiger partial charge in [0, 0.05) is 25.2 Å². The quantitative estimate of drug-likeness (QED) is 0.780. The van der Waals surface area contributed by atoms with Gasteiger partial charge in [0.1, 0.15) is 0 Å². The van der Waals surface area contributed by atoms with Gasteiger partial charge in [-0.25, -0.2) is 0 Å². The molecule has 2 aliphatic rings. The maximum Gasteiger partial charge on any atom is 0.279 e. The SMILES string of the molecule is CC1CCCC(CN)(N(C)S(=O)(=O)NC2CC2)C1. The molecule has 0 aromatic carbocycles. The van der Waals surface area contributed by atoms with Gasteiger partial charge in [-0.1, -0.05) is 19.8 Å². The molecule has 2 atom stereocenters. The van der Waals surface area contributed by atoms with Gasteiger partial charge >= 0.3 is 0 Å². The lowest BCUT2D eigenvalue weighted by Crippen LogP contribution is -2.59. The van der Waals surface area contributed by atoms with Crippen LogP contribution in [0.5, 0.6) is 0 Å². The maximum atomic E-state index is 12.3. The monoisotopic (exact) mass is 275 g/mol. The highest BCUT2D eigenvalue weighted by Crippen LogP contribution is 2.37. The molecular formula is C12H25N3O2S. The van der Waals surface area contributed by atoms with Crippen molar-refractivity contribution in [1.82, 2.24) is 9.03 Å². The van der Waals surface area contributed by atoms with Gasteiger partial charge in [0.25, 0.3) is 10.2 Å². The Hall–Kier alpha value is -0.170. The first-order valence-corrected chi connectivity index (χ1v) is 8.30. The molecule has 2 unspecified atom stereocenters. The third-order valence-electron chi connectivity index (χ3n) is 4.37. The molecule has 5 nitrogen and oxygen atoms in total. The fraction of sp³-hybridized carbons (Fsp3) is 1.00. The summed E-state index contributed by atoms with van der Waals surface area (Å²) >= 11 is 0. The van der Waals surface area contributed by atoms with Crippen LogP contribution in [0.4, 0.5) is 0 Å². The summed E-state index contributed by atoms with van der Waals surface area (Å²) in [5.74, 6) is 0.542. The molecule has 6 heteroatoms. The second-order valence-electron chi connectivity index (χ2n) is 5.99. The molecule has 0 spiro atoms. The van der Waals surface area contributed by atoms with Gasteiger partial charge in [-0.2, -0.15) is 17.4 Å². The third-order valence-corrected chi connectivity index (χ3v) is 6.11. The average Bonchev–Trinajstić information content (AvgIpc) is 3.11. The molecule has 18 heavy (non-hydrogen) atoms. The van der Waals surface area contributed by atoms with Crippen LogP contribution >= 0.6 is 0 Å². The first-order valence-electron chi connectivity index (χ1n) is 6.86. The zero-order valence-corrected chi connectivity index (χ0v) is 12.2.